The van der Waals surface area contributed by atoms with Gasteiger partial charge in [-0.1, -0.05) is 17.7 Å². The third-order valence-electron chi connectivity index (χ3n) is 4.84. The predicted molar refractivity (Wildman–Crippen MR) is 110 cm³/mol. The standard InChI is InChI=1S/C20H21ClN2O5S/c1-13-5-6-14(20(25)28-2)12-17(13)22-19(24)18-4-3-11-23(18)29(26,27)16-9-7-15(21)8-10-16/h5-10,12,18H,3-4,11H2,1-2H3,(H,22,24)/t18-/m0/s1. The van der Waals surface area contributed by atoms with Gasteiger partial charge in [0.05, 0.1) is 17.6 Å². The van der Waals surface area contributed by atoms with Crippen molar-refractivity contribution in [3.63, 3.8) is 0 Å². The Labute approximate surface area is 174 Å². The number of nitrogens with one attached hydrogen (secondary N) is 1. The first-order chi connectivity index (χ1) is 13.7. The van der Waals surface area contributed by atoms with Gasteiger partial charge in [0, 0.05) is 17.3 Å². The molecule has 0 spiro atoms. The zero-order valence-corrected chi connectivity index (χ0v) is 17.6. The molecule has 0 bridgehead atoms. The van der Waals surface area contributed by atoms with E-state index in [4.69, 9.17) is 16.3 Å². The number of hydrogen-bond donors (Lipinski definition) is 1. The normalized spacial score (nSPS) is 17.1. The summed E-state index contributed by atoms with van der Waals surface area (Å²) >= 11 is 5.85. The van der Waals surface area contributed by atoms with Crippen molar-refractivity contribution in [1.29, 1.82) is 0 Å². The lowest BCUT2D eigenvalue weighted by Crippen LogP contribution is -2.43. The Morgan fingerprint density at radius 1 is 1.17 bits per heavy atom. The summed E-state index contributed by atoms with van der Waals surface area (Å²) in [5.41, 5.74) is 1.48. The monoisotopic (exact) mass is 436 g/mol. The van der Waals surface area contributed by atoms with Crippen LogP contribution >= 0.6 is 11.6 Å². The molecule has 9 heteroatoms. The highest BCUT2D eigenvalue weighted by molar-refractivity contribution is 7.89. The average Bonchev–Trinajstić information content (AvgIpc) is 3.20. The van der Waals surface area contributed by atoms with E-state index in [1.807, 2.05) is 0 Å². The SMILES string of the molecule is COC(=O)c1ccc(C)c(NC(=O)[C@@H]2CCCN2S(=O)(=O)c2ccc(Cl)cc2)c1. The van der Waals surface area contributed by atoms with Gasteiger partial charge in [0.1, 0.15) is 6.04 Å². The van der Waals surface area contributed by atoms with Crippen molar-refractivity contribution in [2.24, 2.45) is 0 Å². The van der Waals surface area contributed by atoms with E-state index in [1.54, 1.807) is 19.1 Å². The van der Waals surface area contributed by atoms with E-state index in [2.05, 4.69) is 5.32 Å². The number of methoxy groups -OCH3 is 1. The van der Waals surface area contributed by atoms with Crippen molar-refractivity contribution < 1.29 is 22.7 Å². The molecular weight excluding hydrogens is 416 g/mol. The lowest BCUT2D eigenvalue weighted by atomic mass is 10.1. The van der Waals surface area contributed by atoms with Crippen molar-refractivity contribution in [2.75, 3.05) is 19.0 Å². The minimum absolute atomic E-state index is 0.0884. The maximum absolute atomic E-state index is 13.0. The summed E-state index contributed by atoms with van der Waals surface area (Å²) in [6.07, 6.45) is 0.987. The molecule has 0 aliphatic carbocycles. The largest absolute Gasteiger partial charge is 0.465 e. The van der Waals surface area contributed by atoms with Crippen LogP contribution in [0.3, 0.4) is 0 Å². The Hall–Kier alpha value is -2.42. The van der Waals surface area contributed by atoms with Gasteiger partial charge in [0.15, 0.2) is 0 Å². The number of aryl methyl sites for hydroxylation is 1. The number of benzene rings is 2. The number of sulfonamides is 1. The Kier molecular flexibility index (Phi) is 6.26. The predicted octanol–water partition coefficient (Wildman–Crippen LogP) is 3.23. The lowest BCUT2D eigenvalue weighted by molar-refractivity contribution is -0.119. The number of esters is 1. The third kappa shape index (κ3) is 4.44. The Morgan fingerprint density at radius 3 is 2.52 bits per heavy atom. The van der Waals surface area contributed by atoms with Crippen LogP contribution in [0.4, 0.5) is 5.69 Å². The van der Waals surface area contributed by atoms with Crippen LogP contribution in [0.15, 0.2) is 47.4 Å². The molecule has 1 amide bonds. The number of hydrogen-bond acceptors (Lipinski definition) is 5. The molecule has 1 saturated heterocycles. The zero-order chi connectivity index (χ0) is 21.2. The van der Waals surface area contributed by atoms with Crippen LogP contribution in [0.2, 0.25) is 5.02 Å². The molecule has 1 N–H and O–H groups in total. The number of ether oxygens (including phenoxy) is 1. The van der Waals surface area contributed by atoms with Gasteiger partial charge in [-0.2, -0.15) is 4.31 Å². The van der Waals surface area contributed by atoms with Crippen LogP contribution in [0.25, 0.3) is 0 Å². The van der Waals surface area contributed by atoms with Crippen molar-refractivity contribution >= 4 is 39.2 Å². The molecule has 1 fully saturated rings. The van der Waals surface area contributed by atoms with Gasteiger partial charge in [-0.05, 0) is 61.7 Å². The van der Waals surface area contributed by atoms with Crippen LogP contribution in [0, 0.1) is 6.92 Å². The molecule has 0 aromatic heterocycles. The van der Waals surface area contributed by atoms with E-state index in [9.17, 15) is 18.0 Å². The molecule has 0 unspecified atom stereocenters. The zero-order valence-electron chi connectivity index (χ0n) is 16.0. The second kappa shape index (κ2) is 8.52. The second-order valence-corrected chi connectivity index (χ2v) is 9.07. The average molecular weight is 437 g/mol. The molecule has 1 aliphatic heterocycles. The summed E-state index contributed by atoms with van der Waals surface area (Å²) in [5, 5.41) is 3.19. The Balaban J connectivity index is 1.84. The number of carbonyl (C=O) groups excluding carboxylic acids is 2. The van der Waals surface area contributed by atoms with E-state index in [-0.39, 0.29) is 11.4 Å². The molecule has 2 aromatic carbocycles. The number of carbonyl (C=O) groups is 2. The summed E-state index contributed by atoms with van der Waals surface area (Å²) < 4.78 is 31.9. The van der Waals surface area contributed by atoms with E-state index in [0.717, 1.165) is 5.56 Å². The molecule has 1 heterocycles. The molecule has 3 rings (SSSR count). The molecule has 7 nitrogen and oxygen atoms in total. The fraction of sp³-hybridized carbons (Fsp3) is 0.300. The maximum Gasteiger partial charge on any atom is 0.337 e. The number of nitrogens with zero attached hydrogens (tertiary/aromatic N) is 1. The molecule has 29 heavy (non-hydrogen) atoms. The fourth-order valence-electron chi connectivity index (χ4n) is 3.25. The van der Waals surface area contributed by atoms with Gasteiger partial charge in [-0.25, -0.2) is 13.2 Å². The minimum atomic E-state index is -3.84. The summed E-state index contributed by atoms with van der Waals surface area (Å²) in [5.74, 6) is -0.960. The van der Waals surface area contributed by atoms with Crippen molar-refractivity contribution in [2.45, 2.75) is 30.7 Å². The molecule has 0 radical (unpaired) electrons. The Morgan fingerprint density at radius 2 is 1.86 bits per heavy atom. The van der Waals surface area contributed by atoms with Gasteiger partial charge in [0.2, 0.25) is 15.9 Å². The minimum Gasteiger partial charge on any atom is -0.465 e. The van der Waals surface area contributed by atoms with Crippen LogP contribution in [-0.4, -0.2) is 44.3 Å². The van der Waals surface area contributed by atoms with E-state index < -0.39 is 27.9 Å². The third-order valence-corrected chi connectivity index (χ3v) is 7.02. The van der Waals surface area contributed by atoms with Crippen LogP contribution in [-0.2, 0) is 19.6 Å². The van der Waals surface area contributed by atoms with Gasteiger partial charge in [-0.15, -0.1) is 0 Å². The summed E-state index contributed by atoms with van der Waals surface area (Å²) in [6.45, 7) is 2.04. The second-order valence-electron chi connectivity index (χ2n) is 6.74. The molecule has 2 aromatic rings. The van der Waals surface area contributed by atoms with Crippen LogP contribution in [0.1, 0.15) is 28.8 Å². The summed E-state index contributed by atoms with van der Waals surface area (Å²) in [7, 11) is -2.56. The highest BCUT2D eigenvalue weighted by Gasteiger charge is 2.39. The molecule has 1 atom stereocenters. The van der Waals surface area contributed by atoms with Gasteiger partial charge < -0.3 is 10.1 Å². The van der Waals surface area contributed by atoms with Crippen molar-refractivity contribution in [3.8, 4) is 0 Å². The maximum atomic E-state index is 13.0. The first kappa shape index (κ1) is 21.3. The van der Waals surface area contributed by atoms with E-state index in [0.29, 0.717) is 29.1 Å². The highest BCUT2D eigenvalue weighted by atomic mass is 35.5. The molecular formula is C20H21ClN2O5S. The number of amides is 1. The number of halogens is 1. The smallest absolute Gasteiger partial charge is 0.337 e. The first-order valence-corrected chi connectivity index (χ1v) is 10.8. The number of rotatable bonds is 5. The van der Waals surface area contributed by atoms with Crippen LogP contribution in [0.5, 0.6) is 0 Å². The topological polar surface area (TPSA) is 92.8 Å². The highest BCUT2D eigenvalue weighted by Crippen LogP contribution is 2.28. The quantitative estimate of drug-likeness (QED) is 0.726. The Bertz CT molecular complexity index is 1040. The lowest BCUT2D eigenvalue weighted by Gasteiger charge is -2.24. The van der Waals surface area contributed by atoms with E-state index in [1.165, 1.54) is 41.7 Å². The van der Waals surface area contributed by atoms with Gasteiger partial charge >= 0.3 is 5.97 Å². The molecule has 154 valence electrons. The van der Waals surface area contributed by atoms with Gasteiger partial charge in [0.25, 0.3) is 0 Å². The first-order valence-electron chi connectivity index (χ1n) is 9.01. The molecule has 0 saturated carbocycles. The van der Waals surface area contributed by atoms with Gasteiger partial charge in [-0.3, -0.25) is 4.79 Å². The van der Waals surface area contributed by atoms with Crippen molar-refractivity contribution in [1.82, 2.24) is 4.31 Å². The fourth-order valence-corrected chi connectivity index (χ4v) is 5.03. The summed E-state index contributed by atoms with van der Waals surface area (Å²) in [4.78, 5) is 24.7. The number of anilines is 1. The summed E-state index contributed by atoms with van der Waals surface area (Å²) in [6, 6.07) is 9.83. The van der Waals surface area contributed by atoms with Crippen molar-refractivity contribution in [3.05, 3.63) is 58.6 Å². The van der Waals surface area contributed by atoms with E-state index >= 15 is 0 Å². The molecule has 1 aliphatic rings. The van der Waals surface area contributed by atoms with Crippen LogP contribution < -0.4 is 5.32 Å².